The third-order valence-electron chi connectivity index (χ3n) is 5.14. The maximum absolute atomic E-state index is 13.8. The van der Waals surface area contributed by atoms with Gasteiger partial charge in [0.05, 0.1) is 6.10 Å². The van der Waals surface area contributed by atoms with Crippen molar-refractivity contribution in [2.24, 2.45) is 10.4 Å². The number of hydrogen-bond acceptors (Lipinski definition) is 3. The lowest BCUT2D eigenvalue weighted by molar-refractivity contribution is 0.141. The van der Waals surface area contributed by atoms with Gasteiger partial charge in [0.1, 0.15) is 5.82 Å². The van der Waals surface area contributed by atoms with E-state index in [2.05, 4.69) is 10.6 Å². The predicted molar refractivity (Wildman–Crippen MR) is 118 cm³/mol. The number of rotatable bonds is 9. The first-order chi connectivity index (χ1) is 12.6. The van der Waals surface area contributed by atoms with Gasteiger partial charge in [-0.25, -0.2) is 4.39 Å². The monoisotopic (exact) mass is 493 g/mol. The van der Waals surface area contributed by atoms with E-state index < -0.39 is 11.9 Å². The smallest absolute Gasteiger partial charge is 0.191 e. The van der Waals surface area contributed by atoms with Gasteiger partial charge < -0.3 is 20.5 Å². The number of guanidine groups is 1. The second-order valence-electron chi connectivity index (χ2n) is 7.06. The van der Waals surface area contributed by atoms with Gasteiger partial charge in [-0.2, -0.15) is 0 Å². The molecular formula is C20H33FIN3O2. The number of nitrogens with one attached hydrogen (secondary N) is 2. The quantitative estimate of drug-likeness (QED) is 0.279. The zero-order valence-electron chi connectivity index (χ0n) is 16.3. The Bertz CT molecular complexity index is 580. The second-order valence-corrected chi connectivity index (χ2v) is 7.06. The van der Waals surface area contributed by atoms with Gasteiger partial charge in [-0.15, -0.1) is 24.0 Å². The van der Waals surface area contributed by atoms with Crippen LogP contribution in [0.2, 0.25) is 0 Å². The number of halogens is 2. The summed E-state index contributed by atoms with van der Waals surface area (Å²) in [6.07, 6.45) is 4.94. The first kappa shape index (κ1) is 24.1. The van der Waals surface area contributed by atoms with Crippen molar-refractivity contribution in [3.05, 3.63) is 35.6 Å². The molecule has 1 aliphatic rings. The number of aliphatic imine (C=N–C) groups is 1. The van der Waals surface area contributed by atoms with E-state index in [-0.39, 0.29) is 35.9 Å². The maximum Gasteiger partial charge on any atom is 0.191 e. The highest BCUT2D eigenvalue weighted by molar-refractivity contribution is 14.0. The maximum atomic E-state index is 13.8. The molecule has 27 heavy (non-hydrogen) atoms. The van der Waals surface area contributed by atoms with Crippen LogP contribution in [0, 0.1) is 11.2 Å². The third-order valence-corrected chi connectivity index (χ3v) is 5.14. The van der Waals surface area contributed by atoms with Gasteiger partial charge in [-0.3, -0.25) is 4.99 Å². The molecule has 1 fully saturated rings. The van der Waals surface area contributed by atoms with Crippen LogP contribution in [-0.2, 0) is 4.74 Å². The summed E-state index contributed by atoms with van der Waals surface area (Å²) in [4.78, 5) is 4.74. The van der Waals surface area contributed by atoms with Crippen molar-refractivity contribution in [3.8, 4) is 0 Å². The van der Waals surface area contributed by atoms with E-state index in [1.807, 2.05) is 6.92 Å². The van der Waals surface area contributed by atoms with E-state index in [1.54, 1.807) is 25.3 Å². The normalized spacial score (nSPS) is 17.3. The zero-order chi connectivity index (χ0) is 18.8. The molecule has 0 spiro atoms. The van der Waals surface area contributed by atoms with Gasteiger partial charge in [-0.1, -0.05) is 31.0 Å². The van der Waals surface area contributed by atoms with Crippen LogP contribution < -0.4 is 10.6 Å². The number of methoxy groups -OCH3 is 1. The Hall–Kier alpha value is -0.930. The van der Waals surface area contributed by atoms with Gasteiger partial charge in [0, 0.05) is 38.9 Å². The zero-order valence-corrected chi connectivity index (χ0v) is 18.7. The van der Waals surface area contributed by atoms with Crippen LogP contribution in [0.4, 0.5) is 4.39 Å². The summed E-state index contributed by atoms with van der Waals surface area (Å²) in [6, 6.07) is 6.30. The molecule has 3 N–H and O–H groups in total. The molecule has 7 heteroatoms. The van der Waals surface area contributed by atoms with Crippen LogP contribution in [0.1, 0.15) is 50.7 Å². The van der Waals surface area contributed by atoms with Crippen molar-refractivity contribution in [3.63, 3.8) is 0 Å². The molecule has 0 amide bonds. The molecule has 0 saturated heterocycles. The Morgan fingerprint density at radius 1 is 1.30 bits per heavy atom. The predicted octanol–water partition coefficient (Wildman–Crippen LogP) is 3.63. The Morgan fingerprint density at radius 3 is 2.63 bits per heavy atom. The van der Waals surface area contributed by atoms with Crippen molar-refractivity contribution in [2.75, 3.05) is 33.4 Å². The lowest BCUT2D eigenvalue weighted by Gasteiger charge is -2.27. The minimum atomic E-state index is -0.922. The summed E-state index contributed by atoms with van der Waals surface area (Å²) in [5, 5.41) is 16.6. The van der Waals surface area contributed by atoms with Crippen LogP contribution in [0.25, 0.3) is 0 Å². The molecule has 0 aliphatic heterocycles. The number of aliphatic hydroxyl groups excluding tert-OH is 1. The molecule has 154 valence electrons. The Balaban J connectivity index is 0.00000364. The fourth-order valence-corrected chi connectivity index (χ4v) is 3.57. The van der Waals surface area contributed by atoms with Crippen molar-refractivity contribution >= 4 is 29.9 Å². The van der Waals surface area contributed by atoms with Crippen LogP contribution >= 0.6 is 24.0 Å². The standard InChI is InChI=1S/C20H32FN3O2.HI/c1-3-22-19(23-14-18(25)16-8-4-5-9-17(16)21)24-15-20(12-13-26-2)10-6-7-11-20;/h4-5,8-9,18,25H,3,6-7,10-15H2,1-2H3,(H2,22,23,24);1H. The van der Waals surface area contributed by atoms with Gasteiger partial charge >= 0.3 is 0 Å². The van der Waals surface area contributed by atoms with Crippen molar-refractivity contribution in [1.29, 1.82) is 0 Å². The molecule has 1 atom stereocenters. The largest absolute Gasteiger partial charge is 0.386 e. The summed E-state index contributed by atoms with van der Waals surface area (Å²) >= 11 is 0. The summed E-state index contributed by atoms with van der Waals surface area (Å²) in [6.45, 7) is 4.43. The van der Waals surface area contributed by atoms with Crippen molar-refractivity contribution < 1.29 is 14.2 Å². The Labute approximate surface area is 179 Å². The lowest BCUT2D eigenvalue weighted by atomic mass is 9.83. The Morgan fingerprint density at radius 2 is 2.00 bits per heavy atom. The molecule has 1 aromatic carbocycles. The van der Waals surface area contributed by atoms with Gasteiger partial charge in [0.2, 0.25) is 0 Å². The highest BCUT2D eigenvalue weighted by Gasteiger charge is 2.33. The van der Waals surface area contributed by atoms with Gasteiger partial charge in [0.25, 0.3) is 0 Å². The lowest BCUT2D eigenvalue weighted by Crippen LogP contribution is -2.40. The van der Waals surface area contributed by atoms with Crippen LogP contribution in [0.5, 0.6) is 0 Å². The summed E-state index contributed by atoms with van der Waals surface area (Å²) < 4.78 is 19.1. The number of aliphatic hydroxyl groups is 1. The summed E-state index contributed by atoms with van der Waals surface area (Å²) in [7, 11) is 1.74. The molecule has 0 aromatic heterocycles. The first-order valence-electron chi connectivity index (χ1n) is 9.54. The first-order valence-corrected chi connectivity index (χ1v) is 9.54. The number of hydrogen-bond donors (Lipinski definition) is 3. The van der Waals surface area contributed by atoms with Crippen LogP contribution in [-0.4, -0.2) is 44.4 Å². The van der Waals surface area contributed by atoms with E-state index in [0.29, 0.717) is 11.5 Å². The fraction of sp³-hybridized carbons (Fsp3) is 0.650. The summed E-state index contributed by atoms with van der Waals surface area (Å²) in [5.74, 6) is 0.264. The molecule has 0 radical (unpaired) electrons. The summed E-state index contributed by atoms with van der Waals surface area (Å²) in [5.41, 5.74) is 0.505. The van der Waals surface area contributed by atoms with Gasteiger partial charge in [0.15, 0.2) is 5.96 Å². The average Bonchev–Trinajstić information content (AvgIpc) is 3.11. The van der Waals surface area contributed by atoms with Crippen molar-refractivity contribution in [2.45, 2.75) is 45.1 Å². The molecule has 2 rings (SSSR count). The van der Waals surface area contributed by atoms with Crippen molar-refractivity contribution in [1.82, 2.24) is 10.6 Å². The van der Waals surface area contributed by atoms with E-state index >= 15 is 0 Å². The van der Waals surface area contributed by atoms with Gasteiger partial charge in [-0.05, 0) is 37.7 Å². The molecular weight excluding hydrogens is 460 g/mol. The van der Waals surface area contributed by atoms with E-state index in [1.165, 1.54) is 31.7 Å². The minimum absolute atomic E-state index is 0. The highest BCUT2D eigenvalue weighted by Crippen LogP contribution is 2.41. The number of benzene rings is 1. The third kappa shape index (κ3) is 7.54. The fourth-order valence-electron chi connectivity index (χ4n) is 3.57. The second kappa shape index (κ2) is 12.5. The molecule has 1 aliphatic carbocycles. The molecule has 1 unspecified atom stereocenters. The number of ether oxygens (including phenoxy) is 1. The highest BCUT2D eigenvalue weighted by atomic mass is 127. The molecule has 1 saturated carbocycles. The molecule has 1 aromatic rings. The van der Waals surface area contributed by atoms with E-state index in [9.17, 15) is 9.50 Å². The average molecular weight is 493 g/mol. The molecule has 0 bridgehead atoms. The SMILES string of the molecule is CCNC(=NCC1(CCOC)CCCC1)NCC(O)c1ccccc1F.I. The molecule has 5 nitrogen and oxygen atoms in total. The number of nitrogens with zero attached hydrogens (tertiary/aromatic N) is 1. The molecule has 0 heterocycles. The minimum Gasteiger partial charge on any atom is -0.386 e. The van der Waals surface area contributed by atoms with E-state index in [0.717, 1.165) is 26.1 Å². The van der Waals surface area contributed by atoms with E-state index in [4.69, 9.17) is 9.73 Å². The topological polar surface area (TPSA) is 65.9 Å². The Kier molecular flexibility index (Phi) is 11.2. The van der Waals surface area contributed by atoms with Crippen LogP contribution in [0.15, 0.2) is 29.3 Å². The van der Waals surface area contributed by atoms with Crippen LogP contribution in [0.3, 0.4) is 0 Å².